The van der Waals surface area contributed by atoms with Gasteiger partial charge < -0.3 is 19.5 Å². The molecule has 0 amide bonds. The lowest BCUT2D eigenvalue weighted by atomic mass is 10.2. The molecule has 0 saturated heterocycles. The van der Waals surface area contributed by atoms with Crippen LogP contribution in [0.5, 0.6) is 17.2 Å². The van der Waals surface area contributed by atoms with Crippen LogP contribution in [0.3, 0.4) is 0 Å². The lowest BCUT2D eigenvalue weighted by Crippen LogP contribution is -2.00. The summed E-state index contributed by atoms with van der Waals surface area (Å²) in [5, 5.41) is 3.38. The van der Waals surface area contributed by atoms with E-state index in [1.807, 2.05) is 30.3 Å². The molecule has 0 radical (unpaired) electrons. The first-order valence-corrected chi connectivity index (χ1v) is 7.20. The van der Waals surface area contributed by atoms with Gasteiger partial charge in [-0.3, -0.25) is 0 Å². The molecule has 1 aliphatic rings. The van der Waals surface area contributed by atoms with Gasteiger partial charge in [0.05, 0.1) is 6.61 Å². The van der Waals surface area contributed by atoms with Crippen LogP contribution in [-0.4, -0.2) is 13.4 Å². The molecule has 110 valence electrons. The molecule has 0 atom stereocenters. The molecule has 1 heterocycles. The van der Waals surface area contributed by atoms with Crippen LogP contribution < -0.4 is 19.5 Å². The van der Waals surface area contributed by atoms with Gasteiger partial charge in [-0.1, -0.05) is 19.1 Å². The third kappa shape index (κ3) is 3.40. The number of rotatable bonds is 6. The summed E-state index contributed by atoms with van der Waals surface area (Å²) in [7, 11) is 0. The molecule has 0 fully saturated rings. The van der Waals surface area contributed by atoms with Crippen molar-refractivity contribution in [1.29, 1.82) is 0 Å². The predicted octanol–water partition coefficient (Wildman–Crippen LogP) is 3.82. The van der Waals surface area contributed by atoms with Gasteiger partial charge in [0.15, 0.2) is 11.5 Å². The summed E-state index contributed by atoms with van der Waals surface area (Å²) >= 11 is 0. The highest BCUT2D eigenvalue weighted by Crippen LogP contribution is 2.34. The Kier molecular flexibility index (Phi) is 4.15. The molecular formula is C17H19NO3. The van der Waals surface area contributed by atoms with E-state index in [-0.39, 0.29) is 0 Å². The van der Waals surface area contributed by atoms with Crippen molar-refractivity contribution in [1.82, 2.24) is 0 Å². The van der Waals surface area contributed by atoms with Crippen LogP contribution in [0.1, 0.15) is 18.9 Å². The van der Waals surface area contributed by atoms with Crippen LogP contribution in [0.2, 0.25) is 0 Å². The van der Waals surface area contributed by atoms with Gasteiger partial charge in [-0.15, -0.1) is 0 Å². The van der Waals surface area contributed by atoms with E-state index in [0.29, 0.717) is 6.79 Å². The molecule has 1 N–H and O–H groups in total. The van der Waals surface area contributed by atoms with Gasteiger partial charge in [0, 0.05) is 18.3 Å². The zero-order chi connectivity index (χ0) is 14.5. The van der Waals surface area contributed by atoms with Gasteiger partial charge in [0.2, 0.25) is 6.79 Å². The standard InChI is InChI=1S/C17H19NO3/c1-2-8-19-15-5-3-4-13(9-15)11-18-14-6-7-16-17(10-14)21-12-20-16/h3-7,9-10,18H,2,8,11-12H2,1H3. The monoisotopic (exact) mass is 285 g/mol. The number of ether oxygens (including phenoxy) is 3. The molecule has 0 spiro atoms. The molecule has 2 aromatic rings. The van der Waals surface area contributed by atoms with Crippen molar-refractivity contribution in [3.8, 4) is 17.2 Å². The lowest BCUT2D eigenvalue weighted by molar-refractivity contribution is 0.174. The highest BCUT2D eigenvalue weighted by molar-refractivity contribution is 5.55. The first-order valence-electron chi connectivity index (χ1n) is 7.20. The number of fused-ring (bicyclic) bond motifs is 1. The van der Waals surface area contributed by atoms with Gasteiger partial charge in [0.25, 0.3) is 0 Å². The Labute approximate surface area is 124 Å². The van der Waals surface area contributed by atoms with Crippen molar-refractivity contribution in [3.63, 3.8) is 0 Å². The van der Waals surface area contributed by atoms with Gasteiger partial charge in [-0.05, 0) is 36.2 Å². The highest BCUT2D eigenvalue weighted by Gasteiger charge is 2.12. The Morgan fingerprint density at radius 2 is 2.00 bits per heavy atom. The van der Waals surface area contributed by atoms with E-state index < -0.39 is 0 Å². The molecule has 0 unspecified atom stereocenters. The van der Waals surface area contributed by atoms with Crippen LogP contribution in [0.25, 0.3) is 0 Å². The molecule has 4 nitrogen and oxygen atoms in total. The SMILES string of the molecule is CCCOc1cccc(CNc2ccc3c(c2)OCO3)c1. The highest BCUT2D eigenvalue weighted by atomic mass is 16.7. The molecule has 21 heavy (non-hydrogen) atoms. The first-order chi connectivity index (χ1) is 10.3. The zero-order valence-electron chi connectivity index (χ0n) is 12.1. The molecule has 4 heteroatoms. The average molecular weight is 285 g/mol. The minimum absolute atomic E-state index is 0.301. The molecular weight excluding hydrogens is 266 g/mol. The molecule has 3 rings (SSSR count). The fraction of sp³-hybridized carbons (Fsp3) is 0.294. The fourth-order valence-electron chi connectivity index (χ4n) is 2.18. The summed E-state index contributed by atoms with van der Waals surface area (Å²) < 4.78 is 16.3. The van der Waals surface area contributed by atoms with Gasteiger partial charge in [-0.25, -0.2) is 0 Å². The largest absolute Gasteiger partial charge is 0.494 e. The quantitative estimate of drug-likeness (QED) is 0.876. The molecule has 2 aromatic carbocycles. The summed E-state index contributed by atoms with van der Waals surface area (Å²) in [6.45, 7) is 3.89. The number of anilines is 1. The summed E-state index contributed by atoms with van der Waals surface area (Å²) in [5.74, 6) is 2.51. The topological polar surface area (TPSA) is 39.7 Å². The van der Waals surface area contributed by atoms with Crippen molar-refractivity contribution in [2.24, 2.45) is 0 Å². The number of hydrogen-bond donors (Lipinski definition) is 1. The maximum atomic E-state index is 5.64. The van der Waals surface area contributed by atoms with Crippen molar-refractivity contribution in [2.45, 2.75) is 19.9 Å². The normalized spacial score (nSPS) is 12.2. The van der Waals surface area contributed by atoms with Gasteiger partial charge >= 0.3 is 0 Å². The van der Waals surface area contributed by atoms with Crippen molar-refractivity contribution < 1.29 is 14.2 Å². The van der Waals surface area contributed by atoms with Gasteiger partial charge in [0.1, 0.15) is 5.75 Å². The average Bonchev–Trinajstić information content (AvgIpc) is 2.99. The van der Waals surface area contributed by atoms with E-state index in [0.717, 1.165) is 42.5 Å². The lowest BCUT2D eigenvalue weighted by Gasteiger charge is -2.09. The molecule has 0 aliphatic carbocycles. The zero-order valence-corrected chi connectivity index (χ0v) is 12.1. The second-order valence-corrected chi connectivity index (χ2v) is 4.92. The van der Waals surface area contributed by atoms with Crippen LogP contribution in [-0.2, 0) is 6.54 Å². The smallest absolute Gasteiger partial charge is 0.231 e. The maximum absolute atomic E-state index is 5.64. The van der Waals surface area contributed by atoms with E-state index in [4.69, 9.17) is 14.2 Å². The Bertz CT molecular complexity index is 613. The van der Waals surface area contributed by atoms with Crippen molar-refractivity contribution >= 4 is 5.69 Å². The van der Waals surface area contributed by atoms with Crippen LogP contribution >= 0.6 is 0 Å². The van der Waals surface area contributed by atoms with Crippen molar-refractivity contribution in [3.05, 3.63) is 48.0 Å². The maximum Gasteiger partial charge on any atom is 0.231 e. The van der Waals surface area contributed by atoms with E-state index >= 15 is 0 Å². The Morgan fingerprint density at radius 3 is 2.90 bits per heavy atom. The van der Waals surface area contributed by atoms with E-state index in [9.17, 15) is 0 Å². The summed E-state index contributed by atoms with van der Waals surface area (Å²) in [6.07, 6.45) is 1.01. The predicted molar refractivity (Wildman–Crippen MR) is 82.1 cm³/mol. The van der Waals surface area contributed by atoms with Crippen LogP contribution in [0, 0.1) is 0 Å². The number of nitrogens with one attached hydrogen (secondary N) is 1. The second-order valence-electron chi connectivity index (χ2n) is 4.92. The van der Waals surface area contributed by atoms with E-state index in [1.54, 1.807) is 0 Å². The minimum Gasteiger partial charge on any atom is -0.494 e. The summed E-state index contributed by atoms with van der Waals surface area (Å²) in [5.41, 5.74) is 2.19. The number of hydrogen-bond acceptors (Lipinski definition) is 4. The van der Waals surface area contributed by atoms with Crippen molar-refractivity contribution in [2.75, 3.05) is 18.7 Å². The van der Waals surface area contributed by atoms with Crippen LogP contribution in [0.15, 0.2) is 42.5 Å². The summed E-state index contributed by atoms with van der Waals surface area (Å²) in [6, 6.07) is 14.0. The second kappa shape index (κ2) is 6.39. The molecule has 0 aromatic heterocycles. The van der Waals surface area contributed by atoms with Crippen LogP contribution in [0.4, 0.5) is 5.69 Å². The Balaban J connectivity index is 1.62. The Hall–Kier alpha value is -2.36. The third-order valence-corrected chi connectivity index (χ3v) is 3.24. The first kappa shape index (κ1) is 13.6. The van der Waals surface area contributed by atoms with E-state index in [2.05, 4.69) is 24.4 Å². The fourth-order valence-corrected chi connectivity index (χ4v) is 2.18. The number of benzene rings is 2. The molecule has 1 aliphatic heterocycles. The Morgan fingerprint density at radius 1 is 1.10 bits per heavy atom. The van der Waals surface area contributed by atoms with E-state index in [1.165, 1.54) is 5.56 Å². The molecule has 0 bridgehead atoms. The third-order valence-electron chi connectivity index (χ3n) is 3.24. The minimum atomic E-state index is 0.301. The van der Waals surface area contributed by atoms with Gasteiger partial charge in [-0.2, -0.15) is 0 Å². The molecule has 0 saturated carbocycles. The summed E-state index contributed by atoms with van der Waals surface area (Å²) in [4.78, 5) is 0.